The van der Waals surface area contributed by atoms with Gasteiger partial charge in [-0.2, -0.15) is 0 Å². The van der Waals surface area contributed by atoms with Crippen LogP contribution in [0.15, 0.2) is 18.3 Å². The van der Waals surface area contributed by atoms with Crippen LogP contribution in [0.25, 0.3) is 0 Å². The van der Waals surface area contributed by atoms with E-state index in [2.05, 4.69) is 29.5 Å². The maximum Gasteiger partial charge on any atom is 0.253 e. The zero-order chi connectivity index (χ0) is 13.9. The number of nitrogens with one attached hydrogen (secondary N) is 2. The first-order valence-corrected chi connectivity index (χ1v) is 7.04. The number of hydrogen-bond acceptors (Lipinski definition) is 3. The number of rotatable bonds is 4. The molecule has 1 aromatic heterocycles. The molecule has 1 heterocycles. The lowest BCUT2D eigenvalue weighted by atomic mass is 9.87. The summed E-state index contributed by atoms with van der Waals surface area (Å²) in [5.41, 5.74) is 0.830. The average Bonchev–Trinajstić information content (AvgIpc) is 2.70. The second-order valence-corrected chi connectivity index (χ2v) is 5.87. The highest BCUT2D eigenvalue weighted by atomic mass is 16.1. The molecule has 0 radical (unpaired) electrons. The molecule has 1 amide bonds. The van der Waals surface area contributed by atoms with Gasteiger partial charge in [-0.05, 0) is 37.3 Å². The largest absolute Gasteiger partial charge is 0.370 e. The molecule has 1 aliphatic carbocycles. The first kappa shape index (κ1) is 13.8. The van der Waals surface area contributed by atoms with E-state index >= 15 is 0 Å². The van der Waals surface area contributed by atoms with E-state index in [1.165, 1.54) is 12.8 Å². The van der Waals surface area contributed by atoms with Crippen molar-refractivity contribution in [2.24, 2.45) is 5.41 Å². The van der Waals surface area contributed by atoms with Gasteiger partial charge in [0.2, 0.25) is 0 Å². The molecule has 1 atom stereocenters. The lowest BCUT2D eigenvalue weighted by Crippen LogP contribution is -2.41. The van der Waals surface area contributed by atoms with E-state index in [1.807, 2.05) is 19.1 Å². The molecule has 0 saturated heterocycles. The number of hydrogen-bond donors (Lipinski definition) is 2. The lowest BCUT2D eigenvalue weighted by molar-refractivity contribution is 0.0909. The SMILES string of the molecule is CCNc1ccc(C(=O)NC2CCCC2(C)C)cn1. The van der Waals surface area contributed by atoms with Crippen LogP contribution in [-0.2, 0) is 0 Å². The molecule has 0 spiro atoms. The summed E-state index contributed by atoms with van der Waals surface area (Å²) in [4.78, 5) is 16.4. The summed E-state index contributed by atoms with van der Waals surface area (Å²) in [5, 5.41) is 6.25. The van der Waals surface area contributed by atoms with E-state index in [-0.39, 0.29) is 17.4 Å². The summed E-state index contributed by atoms with van der Waals surface area (Å²) >= 11 is 0. The number of pyridine rings is 1. The highest BCUT2D eigenvalue weighted by molar-refractivity contribution is 5.94. The second kappa shape index (κ2) is 5.59. The standard InChI is InChI=1S/C15H23N3O/c1-4-16-13-8-7-11(10-17-13)14(19)18-12-6-5-9-15(12,2)3/h7-8,10,12H,4-6,9H2,1-3H3,(H,16,17)(H,18,19). The van der Waals surface area contributed by atoms with Crippen molar-refractivity contribution in [2.45, 2.75) is 46.1 Å². The van der Waals surface area contributed by atoms with Crippen LogP contribution in [0.1, 0.15) is 50.4 Å². The molecule has 1 saturated carbocycles. The van der Waals surface area contributed by atoms with Crippen LogP contribution in [0.3, 0.4) is 0 Å². The van der Waals surface area contributed by atoms with Crippen molar-refractivity contribution in [3.8, 4) is 0 Å². The maximum atomic E-state index is 12.2. The summed E-state index contributed by atoms with van der Waals surface area (Å²) in [6.45, 7) is 7.29. The van der Waals surface area contributed by atoms with Gasteiger partial charge in [0.25, 0.3) is 5.91 Å². The highest BCUT2D eigenvalue weighted by Gasteiger charge is 2.35. The predicted molar refractivity (Wildman–Crippen MR) is 77.3 cm³/mol. The molecule has 0 bridgehead atoms. The van der Waals surface area contributed by atoms with Gasteiger partial charge in [0.05, 0.1) is 5.56 Å². The quantitative estimate of drug-likeness (QED) is 0.876. The fraction of sp³-hybridized carbons (Fsp3) is 0.600. The molecule has 0 aliphatic heterocycles. The van der Waals surface area contributed by atoms with E-state index < -0.39 is 0 Å². The van der Waals surface area contributed by atoms with Gasteiger partial charge in [-0.3, -0.25) is 4.79 Å². The molecule has 2 N–H and O–H groups in total. The number of amides is 1. The van der Waals surface area contributed by atoms with Gasteiger partial charge < -0.3 is 10.6 Å². The smallest absolute Gasteiger partial charge is 0.253 e. The van der Waals surface area contributed by atoms with Crippen molar-refractivity contribution in [1.82, 2.24) is 10.3 Å². The molecule has 4 nitrogen and oxygen atoms in total. The number of aromatic nitrogens is 1. The molecule has 4 heteroatoms. The van der Waals surface area contributed by atoms with Crippen molar-refractivity contribution in [3.63, 3.8) is 0 Å². The Morgan fingerprint density at radius 3 is 2.79 bits per heavy atom. The minimum atomic E-state index is -0.0180. The van der Waals surface area contributed by atoms with Gasteiger partial charge in [-0.15, -0.1) is 0 Å². The van der Waals surface area contributed by atoms with Crippen molar-refractivity contribution in [1.29, 1.82) is 0 Å². The van der Waals surface area contributed by atoms with Crippen molar-refractivity contribution >= 4 is 11.7 Å². The van der Waals surface area contributed by atoms with Gasteiger partial charge in [0.15, 0.2) is 0 Å². The van der Waals surface area contributed by atoms with Gasteiger partial charge in [-0.25, -0.2) is 4.98 Å². The Hall–Kier alpha value is -1.58. The first-order chi connectivity index (χ1) is 9.03. The van der Waals surface area contributed by atoms with Crippen LogP contribution in [-0.4, -0.2) is 23.5 Å². The molecular weight excluding hydrogens is 238 g/mol. The summed E-state index contributed by atoms with van der Waals surface area (Å²) in [6, 6.07) is 3.94. The van der Waals surface area contributed by atoms with Gasteiger partial charge in [0.1, 0.15) is 5.82 Å². The Morgan fingerprint density at radius 1 is 1.47 bits per heavy atom. The minimum absolute atomic E-state index is 0.0180. The fourth-order valence-corrected chi connectivity index (χ4v) is 2.65. The normalized spacial score (nSPS) is 21.1. The summed E-state index contributed by atoms with van der Waals surface area (Å²) in [6.07, 6.45) is 5.07. The first-order valence-electron chi connectivity index (χ1n) is 7.04. The molecule has 1 aromatic rings. The van der Waals surface area contributed by atoms with Crippen LogP contribution in [0.5, 0.6) is 0 Å². The molecule has 104 valence electrons. The third-order valence-corrected chi connectivity index (χ3v) is 3.95. The Balaban J connectivity index is 2.00. The molecule has 0 aromatic carbocycles. The maximum absolute atomic E-state index is 12.2. The van der Waals surface area contributed by atoms with E-state index in [9.17, 15) is 4.79 Å². The Morgan fingerprint density at radius 2 is 2.26 bits per heavy atom. The molecule has 19 heavy (non-hydrogen) atoms. The van der Waals surface area contributed by atoms with Crippen LogP contribution >= 0.6 is 0 Å². The molecule has 1 unspecified atom stereocenters. The third kappa shape index (κ3) is 3.25. The Labute approximate surface area is 115 Å². The van der Waals surface area contributed by atoms with Crippen LogP contribution in [0, 0.1) is 5.41 Å². The Kier molecular flexibility index (Phi) is 4.08. The lowest BCUT2D eigenvalue weighted by Gasteiger charge is -2.27. The Bertz CT molecular complexity index is 439. The number of anilines is 1. The number of carbonyl (C=O) groups excluding carboxylic acids is 1. The van der Waals surface area contributed by atoms with Crippen molar-refractivity contribution in [3.05, 3.63) is 23.9 Å². The van der Waals surface area contributed by atoms with Gasteiger partial charge in [0, 0.05) is 18.8 Å². The summed E-state index contributed by atoms with van der Waals surface area (Å²) < 4.78 is 0. The number of carbonyl (C=O) groups is 1. The fourth-order valence-electron chi connectivity index (χ4n) is 2.65. The van der Waals surface area contributed by atoms with Gasteiger partial charge >= 0.3 is 0 Å². The van der Waals surface area contributed by atoms with E-state index in [1.54, 1.807) is 6.20 Å². The van der Waals surface area contributed by atoms with Crippen molar-refractivity contribution < 1.29 is 4.79 Å². The average molecular weight is 261 g/mol. The monoisotopic (exact) mass is 261 g/mol. The third-order valence-electron chi connectivity index (χ3n) is 3.95. The van der Waals surface area contributed by atoms with Crippen LogP contribution in [0.4, 0.5) is 5.82 Å². The van der Waals surface area contributed by atoms with Crippen molar-refractivity contribution in [2.75, 3.05) is 11.9 Å². The molecule has 1 aliphatic rings. The zero-order valence-corrected chi connectivity index (χ0v) is 12.0. The van der Waals surface area contributed by atoms with E-state index in [0.717, 1.165) is 18.8 Å². The number of nitrogens with zero attached hydrogens (tertiary/aromatic N) is 1. The van der Waals surface area contributed by atoms with Gasteiger partial charge in [-0.1, -0.05) is 20.3 Å². The van der Waals surface area contributed by atoms with Crippen LogP contribution in [0.2, 0.25) is 0 Å². The topological polar surface area (TPSA) is 54.0 Å². The predicted octanol–water partition coefficient (Wildman–Crippen LogP) is 2.82. The van der Waals surface area contributed by atoms with E-state index in [4.69, 9.17) is 0 Å². The van der Waals surface area contributed by atoms with E-state index in [0.29, 0.717) is 5.56 Å². The second-order valence-electron chi connectivity index (χ2n) is 5.87. The molecule has 1 fully saturated rings. The zero-order valence-electron chi connectivity index (χ0n) is 12.0. The van der Waals surface area contributed by atoms with Crippen LogP contribution < -0.4 is 10.6 Å². The highest BCUT2D eigenvalue weighted by Crippen LogP contribution is 2.37. The summed E-state index contributed by atoms with van der Waals surface area (Å²) in [7, 11) is 0. The molecule has 2 rings (SSSR count). The molecular formula is C15H23N3O. The summed E-state index contributed by atoms with van der Waals surface area (Å²) in [5.74, 6) is 0.788. The minimum Gasteiger partial charge on any atom is -0.370 e.